The van der Waals surface area contributed by atoms with Gasteiger partial charge in [-0.2, -0.15) is 4.98 Å². The molecule has 45 heavy (non-hydrogen) atoms. The zero-order valence-corrected chi connectivity index (χ0v) is 24.1. The molecule has 0 spiro atoms. The lowest BCUT2D eigenvalue weighted by molar-refractivity contribution is -0.159. The van der Waals surface area contributed by atoms with Gasteiger partial charge in [-0.1, -0.05) is 0 Å². The number of rotatable bonds is 2. The van der Waals surface area contributed by atoms with Gasteiger partial charge in [0.2, 0.25) is 5.95 Å². The van der Waals surface area contributed by atoms with Gasteiger partial charge in [0.25, 0.3) is 5.56 Å². The number of imidazole rings is 2. The second-order valence-corrected chi connectivity index (χ2v) is 13.2. The molecule has 3 saturated heterocycles. The Hall–Kier alpha value is -3.47. The van der Waals surface area contributed by atoms with E-state index >= 15 is 4.39 Å². The fraction of sp³-hybridized carbons (Fsp3) is 0.500. The number of H-pyrrole nitrogens is 1. The van der Waals surface area contributed by atoms with E-state index < -0.39 is 83.3 Å². The molecule has 3 aliphatic heterocycles. The monoisotopic (exact) mass is 676 g/mol. The third-order valence-corrected chi connectivity index (χ3v) is 9.20. The van der Waals surface area contributed by atoms with E-state index in [0.717, 1.165) is 17.2 Å². The van der Waals surface area contributed by atoms with Crippen LogP contribution in [-0.4, -0.2) is 104 Å². The quantitative estimate of drug-likeness (QED) is 0.133. The molecule has 25 heteroatoms. The zero-order chi connectivity index (χ0) is 31.8. The van der Waals surface area contributed by atoms with Crippen molar-refractivity contribution in [3.8, 4) is 0 Å². The number of nitrogens with two attached hydrogens (primary N) is 2. The summed E-state index contributed by atoms with van der Waals surface area (Å²) in [6.45, 7) is -0.864. The Morgan fingerprint density at radius 1 is 0.978 bits per heavy atom. The standard InChI is InChI=1S/C20H23FN10O12P2/c21-7-12-18(31-4-27-9-15(31)28-20(23)29-16(9)33)41-19(7)38-5-44(34,35)42-11-6(1-39-45(36,37)43-12)40-17(10(11)32)30-3-26-8-13(22)24-2-25-14(8)30/h2-4,6-7,10-12,17-19,32H,1,5H2,(H,34,35)(H,36,37)(H2,22,24,25)(H3,23,28,29,33)/t6-,7-,10?,11?,12?,17-,18-,19+/m1/s1. The molecule has 10 atom stereocenters. The number of fused-ring (bicyclic) bond motifs is 5. The summed E-state index contributed by atoms with van der Waals surface area (Å²) >= 11 is 0. The number of nitrogens with zero attached hydrogens (tertiary/aromatic N) is 7. The van der Waals surface area contributed by atoms with E-state index in [1.165, 1.54) is 10.9 Å². The third-order valence-electron chi connectivity index (χ3n) is 7.17. The molecule has 2 bridgehead atoms. The number of aliphatic hydroxyl groups excluding tert-OH is 1. The molecule has 0 radical (unpaired) electrons. The Morgan fingerprint density at radius 3 is 2.49 bits per heavy atom. The topological polar surface area (TPSA) is 309 Å². The Labute approximate surface area is 248 Å². The largest absolute Gasteiger partial charge is 0.472 e. The smallest absolute Gasteiger partial charge is 0.386 e. The van der Waals surface area contributed by atoms with Crippen LogP contribution < -0.4 is 17.0 Å². The maximum absolute atomic E-state index is 15.7. The first kappa shape index (κ1) is 30.2. The molecule has 3 fully saturated rings. The Morgan fingerprint density at radius 2 is 1.71 bits per heavy atom. The van der Waals surface area contributed by atoms with Gasteiger partial charge < -0.3 is 40.6 Å². The van der Waals surface area contributed by atoms with Gasteiger partial charge in [0.15, 0.2) is 60.0 Å². The lowest BCUT2D eigenvalue weighted by atomic mass is 10.1. The summed E-state index contributed by atoms with van der Waals surface area (Å²) in [4.78, 5) is 55.6. The number of hydrogen-bond donors (Lipinski definition) is 6. The number of anilines is 2. The van der Waals surface area contributed by atoms with Crippen LogP contribution >= 0.6 is 15.4 Å². The molecule has 5 unspecified atom stereocenters. The van der Waals surface area contributed by atoms with Crippen LogP contribution in [0.3, 0.4) is 0 Å². The van der Waals surface area contributed by atoms with Crippen LogP contribution in [0.15, 0.2) is 23.8 Å². The number of ether oxygens (including phenoxy) is 3. The van der Waals surface area contributed by atoms with Gasteiger partial charge in [0.1, 0.15) is 30.2 Å². The van der Waals surface area contributed by atoms with Gasteiger partial charge >= 0.3 is 15.4 Å². The van der Waals surface area contributed by atoms with Crippen molar-refractivity contribution in [2.24, 2.45) is 0 Å². The van der Waals surface area contributed by atoms with Gasteiger partial charge in [-0.25, -0.2) is 28.9 Å². The van der Waals surface area contributed by atoms with E-state index in [9.17, 15) is 28.8 Å². The molecule has 242 valence electrons. The summed E-state index contributed by atoms with van der Waals surface area (Å²) in [7, 11) is -10.1. The average Bonchev–Trinajstić information content (AvgIpc) is 3.72. The van der Waals surface area contributed by atoms with Gasteiger partial charge in [-0.05, 0) is 0 Å². The normalized spacial score (nSPS) is 37.7. The lowest BCUT2D eigenvalue weighted by Gasteiger charge is -2.25. The van der Waals surface area contributed by atoms with E-state index in [2.05, 4.69) is 29.9 Å². The van der Waals surface area contributed by atoms with Gasteiger partial charge in [-0.3, -0.25) is 37.0 Å². The summed E-state index contributed by atoms with van der Waals surface area (Å²) < 4.78 is 76.3. The van der Waals surface area contributed by atoms with Crippen molar-refractivity contribution in [1.29, 1.82) is 0 Å². The fourth-order valence-electron chi connectivity index (χ4n) is 5.21. The van der Waals surface area contributed by atoms with Crippen LogP contribution in [0.4, 0.5) is 16.2 Å². The van der Waals surface area contributed by atoms with Crippen LogP contribution in [0.1, 0.15) is 12.5 Å². The van der Waals surface area contributed by atoms with Crippen LogP contribution in [0.25, 0.3) is 22.3 Å². The number of aromatic amines is 1. The number of alkyl halides is 1. The van der Waals surface area contributed by atoms with Crippen LogP contribution in [0, 0.1) is 0 Å². The maximum Gasteiger partial charge on any atom is 0.472 e. The van der Waals surface area contributed by atoms with Crippen molar-refractivity contribution < 1.29 is 56.2 Å². The van der Waals surface area contributed by atoms with Crippen molar-refractivity contribution in [2.45, 2.75) is 49.3 Å². The first-order chi connectivity index (χ1) is 21.3. The number of halogens is 1. The third kappa shape index (κ3) is 5.30. The predicted octanol–water partition coefficient (Wildman–Crippen LogP) is -1.36. The predicted molar refractivity (Wildman–Crippen MR) is 142 cm³/mol. The highest BCUT2D eigenvalue weighted by Gasteiger charge is 2.54. The fourth-order valence-corrected chi connectivity index (χ4v) is 7.17. The van der Waals surface area contributed by atoms with Crippen molar-refractivity contribution >= 4 is 49.5 Å². The summed E-state index contributed by atoms with van der Waals surface area (Å²) in [6, 6.07) is 0. The number of aliphatic hydroxyl groups is 1. The number of aromatic nitrogens is 8. The minimum atomic E-state index is -5.21. The summed E-state index contributed by atoms with van der Waals surface area (Å²) in [5, 5.41) is 11.1. The molecule has 8 N–H and O–H groups in total. The van der Waals surface area contributed by atoms with Crippen LogP contribution in [0.2, 0.25) is 0 Å². The highest BCUT2D eigenvalue weighted by molar-refractivity contribution is 7.52. The molecule has 22 nitrogen and oxygen atoms in total. The number of phosphoric acid groups is 1. The maximum atomic E-state index is 15.7. The number of phosphoric ester groups is 1. The minimum Gasteiger partial charge on any atom is -0.386 e. The van der Waals surface area contributed by atoms with E-state index in [1.54, 1.807) is 0 Å². The molecule has 7 rings (SSSR count). The Balaban J connectivity index is 1.21. The Kier molecular flexibility index (Phi) is 7.26. The van der Waals surface area contributed by atoms with E-state index in [1.807, 2.05) is 0 Å². The zero-order valence-electron chi connectivity index (χ0n) is 22.3. The van der Waals surface area contributed by atoms with Crippen molar-refractivity contribution in [1.82, 2.24) is 39.0 Å². The number of nitrogens with one attached hydrogen (secondary N) is 1. The SMILES string of the molecule is Nc1nc2c(ncn2[C@@H]2O[C@@H]3OCP(=O)(O)OC4C(O)[C@H](n5cnc6c(N)ncnc65)O[C@@H]4COP(=O)(O)OC2[C@H]3F)c(=O)[nH]1. The first-order valence-corrected chi connectivity index (χ1v) is 16.1. The summed E-state index contributed by atoms with van der Waals surface area (Å²) in [5.41, 5.74) is 10.6. The van der Waals surface area contributed by atoms with E-state index in [4.69, 9.17) is 39.2 Å². The van der Waals surface area contributed by atoms with Crippen molar-refractivity contribution in [3.05, 3.63) is 29.3 Å². The minimum absolute atomic E-state index is 0.0276. The molecule has 4 aromatic rings. The Bertz CT molecular complexity index is 1940. The highest BCUT2D eigenvalue weighted by Crippen LogP contribution is 2.53. The molecule has 0 aliphatic carbocycles. The van der Waals surface area contributed by atoms with Crippen molar-refractivity contribution in [2.75, 3.05) is 24.4 Å². The molecule has 3 aliphatic rings. The summed E-state index contributed by atoms with van der Waals surface area (Å²) in [6.07, 6.45) is -12.0. The second kappa shape index (κ2) is 10.8. The van der Waals surface area contributed by atoms with Crippen molar-refractivity contribution in [3.63, 3.8) is 0 Å². The van der Waals surface area contributed by atoms with Gasteiger partial charge in [0, 0.05) is 0 Å². The molecular weight excluding hydrogens is 653 g/mol. The number of hydrogen-bond acceptors (Lipinski definition) is 17. The van der Waals surface area contributed by atoms with Gasteiger partial charge in [-0.15, -0.1) is 0 Å². The molecule has 0 saturated carbocycles. The molecule has 7 heterocycles. The molecule has 0 aromatic carbocycles. The molecule has 4 aromatic heterocycles. The first-order valence-electron chi connectivity index (χ1n) is 12.9. The van der Waals surface area contributed by atoms with E-state index in [0.29, 0.717) is 0 Å². The van der Waals surface area contributed by atoms with E-state index in [-0.39, 0.29) is 34.1 Å². The molecule has 0 amide bonds. The highest BCUT2D eigenvalue weighted by atomic mass is 31.2. The number of nitrogen functional groups attached to an aromatic ring is 2. The molecular formula is C20H23FN10O12P2. The van der Waals surface area contributed by atoms with Gasteiger partial charge in [0.05, 0.1) is 19.3 Å². The average molecular weight is 676 g/mol. The second-order valence-electron chi connectivity index (χ2n) is 10.1. The van der Waals surface area contributed by atoms with Crippen LogP contribution in [-0.2, 0) is 36.9 Å². The summed E-state index contributed by atoms with van der Waals surface area (Å²) in [5.74, 6) is -0.294. The lowest BCUT2D eigenvalue weighted by Crippen LogP contribution is -2.36. The van der Waals surface area contributed by atoms with Crippen LogP contribution in [0.5, 0.6) is 0 Å².